The van der Waals surface area contributed by atoms with Gasteiger partial charge in [-0.3, -0.25) is 0 Å². The Morgan fingerprint density at radius 2 is 1.92 bits per heavy atom. The highest BCUT2D eigenvalue weighted by Gasteiger charge is 2.15. The molecule has 1 aromatic heterocycles. The molecule has 0 aliphatic rings. The van der Waals surface area contributed by atoms with Gasteiger partial charge in [-0.1, -0.05) is 23.8 Å². The van der Waals surface area contributed by atoms with E-state index in [1.165, 1.54) is 0 Å². The summed E-state index contributed by atoms with van der Waals surface area (Å²) in [7, 11) is 0. The van der Waals surface area contributed by atoms with Crippen LogP contribution in [0.5, 0.6) is 0 Å². The van der Waals surface area contributed by atoms with Crippen molar-refractivity contribution in [2.45, 2.75) is 39.7 Å². The van der Waals surface area contributed by atoms with Crippen LogP contribution in [0.15, 0.2) is 12.7 Å². The van der Waals surface area contributed by atoms with Gasteiger partial charge in [-0.15, -0.1) is 0 Å². The molecule has 0 spiro atoms. The molecule has 0 aliphatic carbocycles. The molecule has 0 bridgehead atoms. The van der Waals surface area contributed by atoms with Crippen molar-refractivity contribution in [1.29, 1.82) is 0 Å². The maximum Gasteiger partial charge on any atom is 0.264 e. The number of aromatic nitrogens is 3. The van der Waals surface area contributed by atoms with Gasteiger partial charge in [0, 0.05) is 5.92 Å². The average Bonchev–Trinajstić information content (AvgIpc) is 2.04. The summed E-state index contributed by atoms with van der Waals surface area (Å²) in [6, 6.07) is 0.434. The molecule has 0 fully saturated rings. The van der Waals surface area contributed by atoms with E-state index in [4.69, 9.17) is 0 Å². The number of rotatable bonds is 2. The zero-order valence-corrected chi connectivity index (χ0v) is 8.15. The molecule has 0 amide bonds. The second-order valence-corrected chi connectivity index (χ2v) is 3.52. The molecular formula is C9H16N3+. The summed E-state index contributed by atoms with van der Waals surface area (Å²) < 4.78 is 2.10. The number of hydrogen-bond acceptors (Lipinski definition) is 2. The molecular weight excluding hydrogens is 150 g/mol. The van der Waals surface area contributed by atoms with Crippen LogP contribution in [0.2, 0.25) is 0 Å². The highest BCUT2D eigenvalue weighted by Crippen LogP contribution is 2.06. The molecule has 0 unspecified atom stereocenters. The molecule has 0 N–H and O–H groups in total. The molecule has 0 saturated carbocycles. The maximum absolute atomic E-state index is 4.25. The number of hydrogen-bond donors (Lipinski definition) is 0. The lowest BCUT2D eigenvalue weighted by molar-refractivity contribution is -0.729. The predicted molar refractivity (Wildman–Crippen MR) is 46.7 cm³/mol. The second-order valence-electron chi connectivity index (χ2n) is 3.52. The zero-order valence-electron chi connectivity index (χ0n) is 8.15. The summed E-state index contributed by atoms with van der Waals surface area (Å²) in [5, 5.41) is 0. The minimum atomic E-state index is 0.434. The van der Waals surface area contributed by atoms with E-state index in [0.29, 0.717) is 12.0 Å². The molecule has 12 heavy (non-hydrogen) atoms. The lowest BCUT2D eigenvalue weighted by atomic mass is 10.2. The van der Waals surface area contributed by atoms with E-state index in [-0.39, 0.29) is 0 Å². The standard InChI is InChI=1S/C9H16N3/c1-7(2)9-11-5-10-6-12(9)8(3)4/h5-8H,1-4H3/q+1. The molecule has 0 aliphatic heterocycles. The van der Waals surface area contributed by atoms with Gasteiger partial charge in [-0.2, -0.15) is 0 Å². The van der Waals surface area contributed by atoms with E-state index in [0.717, 1.165) is 5.82 Å². The topological polar surface area (TPSA) is 29.7 Å². The minimum absolute atomic E-state index is 0.434. The van der Waals surface area contributed by atoms with Gasteiger partial charge in [0.15, 0.2) is 0 Å². The van der Waals surface area contributed by atoms with Gasteiger partial charge in [0.25, 0.3) is 6.33 Å². The summed E-state index contributed by atoms with van der Waals surface area (Å²) in [5.41, 5.74) is 0. The van der Waals surface area contributed by atoms with Crippen LogP contribution in [0, 0.1) is 0 Å². The highest BCUT2D eigenvalue weighted by molar-refractivity contribution is 4.80. The van der Waals surface area contributed by atoms with Crippen molar-refractivity contribution in [3.8, 4) is 0 Å². The fraction of sp³-hybridized carbons (Fsp3) is 0.667. The minimum Gasteiger partial charge on any atom is -0.235 e. The van der Waals surface area contributed by atoms with Gasteiger partial charge in [0.1, 0.15) is 0 Å². The normalized spacial score (nSPS) is 11.2. The van der Waals surface area contributed by atoms with Crippen molar-refractivity contribution < 1.29 is 4.57 Å². The molecule has 0 atom stereocenters. The molecule has 3 nitrogen and oxygen atoms in total. The van der Waals surface area contributed by atoms with Crippen molar-refractivity contribution in [1.82, 2.24) is 9.97 Å². The summed E-state index contributed by atoms with van der Waals surface area (Å²) in [6.45, 7) is 8.55. The van der Waals surface area contributed by atoms with Crippen molar-refractivity contribution >= 4 is 0 Å². The maximum atomic E-state index is 4.25. The third-order valence-electron chi connectivity index (χ3n) is 1.79. The third-order valence-corrected chi connectivity index (χ3v) is 1.79. The highest BCUT2D eigenvalue weighted by atomic mass is 15.1. The lowest BCUT2D eigenvalue weighted by Gasteiger charge is -2.09. The van der Waals surface area contributed by atoms with Crippen LogP contribution >= 0.6 is 0 Å². The summed E-state index contributed by atoms with van der Waals surface area (Å²) in [6.07, 6.45) is 3.45. The molecule has 0 saturated heterocycles. The van der Waals surface area contributed by atoms with E-state index in [2.05, 4.69) is 42.2 Å². The summed E-state index contributed by atoms with van der Waals surface area (Å²) >= 11 is 0. The molecule has 3 heteroatoms. The molecule has 1 rings (SSSR count). The van der Waals surface area contributed by atoms with Crippen LogP contribution < -0.4 is 4.57 Å². The van der Waals surface area contributed by atoms with E-state index in [1.54, 1.807) is 6.33 Å². The Kier molecular flexibility index (Phi) is 2.74. The van der Waals surface area contributed by atoms with Crippen molar-refractivity contribution in [2.75, 3.05) is 0 Å². The van der Waals surface area contributed by atoms with Crippen LogP contribution in [0.1, 0.15) is 45.5 Å². The van der Waals surface area contributed by atoms with Crippen LogP contribution in [-0.2, 0) is 0 Å². The molecule has 0 aromatic carbocycles. The van der Waals surface area contributed by atoms with Gasteiger partial charge < -0.3 is 0 Å². The van der Waals surface area contributed by atoms with Crippen LogP contribution in [0.4, 0.5) is 0 Å². The van der Waals surface area contributed by atoms with Crippen LogP contribution in [-0.4, -0.2) is 9.97 Å². The van der Waals surface area contributed by atoms with Crippen molar-refractivity contribution in [2.24, 2.45) is 0 Å². The lowest BCUT2D eigenvalue weighted by Crippen LogP contribution is -2.42. The molecule has 66 valence electrons. The van der Waals surface area contributed by atoms with Crippen molar-refractivity contribution in [3.63, 3.8) is 0 Å². The van der Waals surface area contributed by atoms with Gasteiger partial charge in [-0.25, -0.2) is 4.57 Å². The van der Waals surface area contributed by atoms with E-state index in [9.17, 15) is 0 Å². The zero-order chi connectivity index (χ0) is 9.14. The van der Waals surface area contributed by atoms with Gasteiger partial charge in [0.2, 0.25) is 12.2 Å². The first-order valence-electron chi connectivity index (χ1n) is 4.34. The first-order chi connectivity index (χ1) is 5.63. The Hall–Kier alpha value is -0.990. The van der Waals surface area contributed by atoms with Gasteiger partial charge in [0.05, 0.1) is 6.04 Å². The second kappa shape index (κ2) is 3.61. The summed E-state index contributed by atoms with van der Waals surface area (Å²) in [5.74, 6) is 1.55. The Balaban J connectivity index is 3.09. The fourth-order valence-corrected chi connectivity index (χ4v) is 1.17. The quantitative estimate of drug-likeness (QED) is 0.623. The Labute approximate surface area is 73.5 Å². The van der Waals surface area contributed by atoms with Crippen LogP contribution in [0.3, 0.4) is 0 Å². The fourth-order valence-electron chi connectivity index (χ4n) is 1.17. The van der Waals surface area contributed by atoms with E-state index >= 15 is 0 Å². The SMILES string of the molecule is CC(C)c1ncnc[n+]1C(C)C. The smallest absolute Gasteiger partial charge is 0.235 e. The summed E-state index contributed by atoms with van der Waals surface area (Å²) in [4.78, 5) is 8.25. The van der Waals surface area contributed by atoms with E-state index < -0.39 is 0 Å². The first-order valence-corrected chi connectivity index (χ1v) is 4.34. The van der Waals surface area contributed by atoms with E-state index in [1.807, 2.05) is 6.33 Å². The van der Waals surface area contributed by atoms with Crippen LogP contribution in [0.25, 0.3) is 0 Å². The van der Waals surface area contributed by atoms with Crippen molar-refractivity contribution in [3.05, 3.63) is 18.5 Å². The molecule has 0 radical (unpaired) electrons. The Morgan fingerprint density at radius 3 is 2.33 bits per heavy atom. The predicted octanol–water partition coefficient (Wildman–Crippen LogP) is 1.47. The monoisotopic (exact) mass is 166 g/mol. The number of nitrogens with zero attached hydrogens (tertiary/aromatic N) is 3. The van der Waals surface area contributed by atoms with Gasteiger partial charge >= 0.3 is 0 Å². The third kappa shape index (κ3) is 1.78. The Morgan fingerprint density at radius 1 is 1.25 bits per heavy atom. The average molecular weight is 166 g/mol. The Bertz CT molecular complexity index is 229. The largest absolute Gasteiger partial charge is 0.264 e. The van der Waals surface area contributed by atoms with Gasteiger partial charge in [-0.05, 0) is 13.8 Å². The molecule has 1 heterocycles. The molecule has 1 aromatic rings. The first kappa shape index (κ1) is 9.10.